The first-order valence-corrected chi connectivity index (χ1v) is 4.77. The Morgan fingerprint density at radius 3 is 2.25 bits per heavy atom. The Hall–Kier alpha value is -1.97. The van der Waals surface area contributed by atoms with E-state index in [2.05, 4.69) is 4.98 Å². The monoisotopic (exact) mass is 220 g/mol. The summed E-state index contributed by atoms with van der Waals surface area (Å²) in [4.78, 5) is 5.65. The van der Waals surface area contributed by atoms with Crippen LogP contribution in [0.2, 0.25) is 0 Å². The van der Waals surface area contributed by atoms with E-state index in [0.717, 1.165) is 17.8 Å². The van der Waals surface area contributed by atoms with Gasteiger partial charge in [-0.25, -0.2) is 8.78 Å². The molecule has 0 saturated heterocycles. The van der Waals surface area contributed by atoms with Crippen LogP contribution in [0.25, 0.3) is 0 Å². The van der Waals surface area contributed by atoms with Crippen molar-refractivity contribution in [3.05, 3.63) is 54.4 Å². The van der Waals surface area contributed by atoms with Crippen LogP contribution in [0.5, 0.6) is 0 Å². The minimum Gasteiger partial charge on any atom is -0.344 e. The standard InChI is InChI=1S/C12H10F2N2/c1-16(9-4-6-15-7-5-9)10-2-3-11(13)12(14)8-10/h2-8H,1H3. The van der Waals surface area contributed by atoms with Gasteiger partial charge in [-0.15, -0.1) is 0 Å². The third-order valence-electron chi connectivity index (χ3n) is 2.34. The van der Waals surface area contributed by atoms with E-state index in [1.165, 1.54) is 6.07 Å². The zero-order chi connectivity index (χ0) is 11.5. The highest BCUT2D eigenvalue weighted by Gasteiger charge is 2.07. The van der Waals surface area contributed by atoms with E-state index in [1.54, 1.807) is 36.5 Å². The minimum atomic E-state index is -0.849. The van der Waals surface area contributed by atoms with Crippen LogP contribution in [-0.4, -0.2) is 12.0 Å². The van der Waals surface area contributed by atoms with Gasteiger partial charge < -0.3 is 4.90 Å². The highest BCUT2D eigenvalue weighted by molar-refractivity contribution is 5.61. The van der Waals surface area contributed by atoms with Crippen molar-refractivity contribution in [1.29, 1.82) is 0 Å². The Kier molecular flexibility index (Phi) is 2.81. The van der Waals surface area contributed by atoms with Crippen molar-refractivity contribution < 1.29 is 8.78 Å². The molecule has 0 aliphatic rings. The maximum atomic E-state index is 13.0. The Labute approximate surface area is 92.2 Å². The molecule has 0 radical (unpaired) electrons. The van der Waals surface area contributed by atoms with Crippen LogP contribution in [0.3, 0.4) is 0 Å². The fourth-order valence-electron chi connectivity index (χ4n) is 1.41. The molecule has 16 heavy (non-hydrogen) atoms. The van der Waals surface area contributed by atoms with Gasteiger partial charge in [-0.2, -0.15) is 0 Å². The van der Waals surface area contributed by atoms with Crippen LogP contribution < -0.4 is 4.90 Å². The molecule has 0 bridgehead atoms. The molecule has 2 nitrogen and oxygen atoms in total. The van der Waals surface area contributed by atoms with Gasteiger partial charge in [0.1, 0.15) is 0 Å². The lowest BCUT2D eigenvalue weighted by molar-refractivity contribution is 0.509. The highest BCUT2D eigenvalue weighted by Crippen LogP contribution is 2.23. The molecule has 1 aromatic carbocycles. The number of hydrogen-bond donors (Lipinski definition) is 0. The van der Waals surface area contributed by atoms with E-state index in [9.17, 15) is 8.78 Å². The van der Waals surface area contributed by atoms with Crippen LogP contribution in [0.4, 0.5) is 20.2 Å². The van der Waals surface area contributed by atoms with Crippen molar-refractivity contribution in [2.45, 2.75) is 0 Å². The average molecular weight is 220 g/mol. The molecule has 0 aliphatic carbocycles. The molecule has 2 aromatic rings. The van der Waals surface area contributed by atoms with Crippen LogP contribution in [0.15, 0.2) is 42.7 Å². The lowest BCUT2D eigenvalue weighted by atomic mass is 10.2. The predicted molar refractivity (Wildman–Crippen MR) is 58.7 cm³/mol. The fourth-order valence-corrected chi connectivity index (χ4v) is 1.41. The number of rotatable bonds is 2. The van der Waals surface area contributed by atoms with Gasteiger partial charge in [-0.3, -0.25) is 4.98 Å². The molecule has 4 heteroatoms. The van der Waals surface area contributed by atoms with Gasteiger partial charge in [0.15, 0.2) is 11.6 Å². The second-order valence-corrected chi connectivity index (χ2v) is 3.36. The molecule has 0 amide bonds. The molecule has 0 spiro atoms. The maximum Gasteiger partial charge on any atom is 0.160 e. The molecule has 1 aromatic heterocycles. The summed E-state index contributed by atoms with van der Waals surface area (Å²) in [6.45, 7) is 0. The van der Waals surface area contributed by atoms with Gasteiger partial charge in [-0.1, -0.05) is 0 Å². The third-order valence-corrected chi connectivity index (χ3v) is 2.34. The number of benzene rings is 1. The van der Waals surface area contributed by atoms with Crippen molar-refractivity contribution in [3.63, 3.8) is 0 Å². The zero-order valence-corrected chi connectivity index (χ0v) is 8.69. The largest absolute Gasteiger partial charge is 0.344 e. The number of nitrogens with zero attached hydrogens (tertiary/aromatic N) is 2. The van der Waals surface area contributed by atoms with E-state index >= 15 is 0 Å². The predicted octanol–water partition coefficient (Wildman–Crippen LogP) is 3.13. The Morgan fingerprint density at radius 2 is 1.62 bits per heavy atom. The van der Waals surface area contributed by atoms with Crippen molar-refractivity contribution >= 4 is 11.4 Å². The molecule has 0 fully saturated rings. The van der Waals surface area contributed by atoms with Crippen LogP contribution in [0, 0.1) is 11.6 Å². The minimum absolute atomic E-state index is 0.588. The molecule has 0 unspecified atom stereocenters. The number of aromatic nitrogens is 1. The topological polar surface area (TPSA) is 16.1 Å². The summed E-state index contributed by atoms with van der Waals surface area (Å²) in [6, 6.07) is 7.39. The second kappa shape index (κ2) is 4.26. The lowest BCUT2D eigenvalue weighted by Gasteiger charge is -2.19. The first-order chi connectivity index (χ1) is 7.68. The smallest absolute Gasteiger partial charge is 0.160 e. The second-order valence-electron chi connectivity index (χ2n) is 3.36. The fraction of sp³-hybridized carbons (Fsp3) is 0.0833. The molecule has 1 heterocycles. The zero-order valence-electron chi connectivity index (χ0n) is 8.69. The molecule has 0 saturated carbocycles. The Balaban J connectivity index is 2.34. The molecule has 0 N–H and O–H groups in total. The SMILES string of the molecule is CN(c1ccncc1)c1ccc(F)c(F)c1. The van der Waals surface area contributed by atoms with E-state index < -0.39 is 11.6 Å². The van der Waals surface area contributed by atoms with E-state index in [4.69, 9.17) is 0 Å². The van der Waals surface area contributed by atoms with E-state index in [0.29, 0.717) is 5.69 Å². The van der Waals surface area contributed by atoms with Gasteiger partial charge in [0, 0.05) is 36.9 Å². The average Bonchev–Trinajstić information content (AvgIpc) is 2.33. The summed E-state index contributed by atoms with van der Waals surface area (Å²) in [5.74, 6) is -1.69. The van der Waals surface area contributed by atoms with Gasteiger partial charge in [0.05, 0.1) is 0 Å². The van der Waals surface area contributed by atoms with Crippen molar-refractivity contribution in [2.75, 3.05) is 11.9 Å². The van der Waals surface area contributed by atoms with Crippen LogP contribution >= 0.6 is 0 Å². The quantitative estimate of drug-likeness (QED) is 0.773. The molecular weight excluding hydrogens is 210 g/mol. The van der Waals surface area contributed by atoms with Gasteiger partial charge in [-0.05, 0) is 24.3 Å². The van der Waals surface area contributed by atoms with Crippen LogP contribution in [0.1, 0.15) is 0 Å². The summed E-state index contributed by atoms with van der Waals surface area (Å²) in [5, 5.41) is 0. The van der Waals surface area contributed by atoms with Gasteiger partial charge >= 0.3 is 0 Å². The molecule has 2 rings (SSSR count). The molecule has 0 aliphatic heterocycles. The number of anilines is 2. The van der Waals surface area contributed by atoms with Crippen molar-refractivity contribution in [2.24, 2.45) is 0 Å². The van der Waals surface area contributed by atoms with E-state index in [-0.39, 0.29) is 0 Å². The molecule has 0 atom stereocenters. The normalized spacial score (nSPS) is 10.2. The van der Waals surface area contributed by atoms with Crippen molar-refractivity contribution in [1.82, 2.24) is 4.98 Å². The Morgan fingerprint density at radius 1 is 0.938 bits per heavy atom. The first-order valence-electron chi connectivity index (χ1n) is 4.77. The number of pyridine rings is 1. The van der Waals surface area contributed by atoms with Crippen molar-refractivity contribution in [3.8, 4) is 0 Å². The summed E-state index contributed by atoms with van der Waals surface area (Å²) >= 11 is 0. The summed E-state index contributed by atoms with van der Waals surface area (Å²) in [7, 11) is 1.78. The lowest BCUT2D eigenvalue weighted by Crippen LogP contribution is -2.09. The maximum absolute atomic E-state index is 13.0. The first kappa shape index (κ1) is 10.5. The van der Waals surface area contributed by atoms with Gasteiger partial charge in [0.25, 0.3) is 0 Å². The summed E-state index contributed by atoms with van der Waals surface area (Å²) in [6.07, 6.45) is 3.29. The number of hydrogen-bond acceptors (Lipinski definition) is 2. The summed E-state index contributed by atoms with van der Waals surface area (Å²) in [5.41, 5.74) is 1.45. The molecular formula is C12H10F2N2. The van der Waals surface area contributed by atoms with E-state index in [1.807, 2.05) is 0 Å². The van der Waals surface area contributed by atoms with Gasteiger partial charge in [0.2, 0.25) is 0 Å². The highest BCUT2D eigenvalue weighted by atomic mass is 19.2. The Bertz CT molecular complexity index is 486. The van der Waals surface area contributed by atoms with Crippen LogP contribution in [-0.2, 0) is 0 Å². The summed E-state index contributed by atoms with van der Waals surface area (Å²) < 4.78 is 25.8. The number of halogens is 2. The third kappa shape index (κ3) is 2.00. The molecule has 82 valence electrons.